The molecule has 1 saturated heterocycles. The Morgan fingerprint density at radius 1 is 1.32 bits per heavy atom. The van der Waals surface area contributed by atoms with E-state index in [0.717, 1.165) is 18.1 Å². The van der Waals surface area contributed by atoms with Crippen molar-refractivity contribution >= 4 is 23.3 Å². The first-order valence-corrected chi connectivity index (χ1v) is 8.82. The van der Waals surface area contributed by atoms with Crippen molar-refractivity contribution in [3.63, 3.8) is 0 Å². The number of hydrogen-bond donors (Lipinski definition) is 2. The van der Waals surface area contributed by atoms with Crippen molar-refractivity contribution < 1.29 is 22.7 Å². The molecule has 2 aromatic rings. The lowest BCUT2D eigenvalue weighted by Gasteiger charge is -2.35. The van der Waals surface area contributed by atoms with Crippen LogP contribution in [-0.2, 0) is 6.42 Å². The van der Waals surface area contributed by atoms with Crippen LogP contribution in [-0.4, -0.2) is 33.5 Å². The molecule has 2 amide bonds. The second kappa shape index (κ2) is 6.69. The third kappa shape index (κ3) is 3.51. The van der Waals surface area contributed by atoms with Crippen LogP contribution < -0.4 is 15.6 Å². The van der Waals surface area contributed by atoms with E-state index >= 15 is 0 Å². The maximum Gasteiger partial charge on any atom is 0.573 e. The molecular weight excluding hydrogens is 401 g/mol. The number of ether oxygens (including phenoxy) is 1. The topological polar surface area (TPSA) is 87.3 Å². The third-order valence-electron chi connectivity index (χ3n) is 4.84. The van der Waals surface area contributed by atoms with Gasteiger partial charge in [0.05, 0.1) is 16.8 Å². The largest absolute Gasteiger partial charge is 0.573 e. The van der Waals surface area contributed by atoms with Gasteiger partial charge in [0.15, 0.2) is 0 Å². The fraction of sp³-hybridized carbons (Fsp3) is 0.353. The molecule has 148 valence electrons. The van der Waals surface area contributed by atoms with E-state index in [0.29, 0.717) is 18.5 Å². The highest BCUT2D eigenvalue weighted by Crippen LogP contribution is 2.42. The van der Waals surface area contributed by atoms with E-state index in [1.165, 1.54) is 18.2 Å². The number of anilines is 1. The molecule has 0 spiro atoms. The van der Waals surface area contributed by atoms with Crippen LogP contribution in [0.15, 0.2) is 29.1 Å². The zero-order valence-electron chi connectivity index (χ0n) is 14.2. The van der Waals surface area contributed by atoms with Gasteiger partial charge in [-0.1, -0.05) is 11.6 Å². The van der Waals surface area contributed by atoms with E-state index in [2.05, 4.69) is 20.3 Å². The lowest BCUT2D eigenvalue weighted by molar-refractivity contribution is -0.274. The predicted octanol–water partition coefficient (Wildman–Crippen LogP) is 3.62. The van der Waals surface area contributed by atoms with Gasteiger partial charge in [0.1, 0.15) is 5.75 Å². The minimum atomic E-state index is -4.86. The molecule has 3 heterocycles. The zero-order chi connectivity index (χ0) is 20.1. The van der Waals surface area contributed by atoms with Crippen LogP contribution in [0.25, 0.3) is 0 Å². The van der Waals surface area contributed by atoms with Crippen LogP contribution in [0.2, 0.25) is 5.02 Å². The van der Waals surface area contributed by atoms with Crippen LogP contribution in [0.1, 0.15) is 30.1 Å². The summed E-state index contributed by atoms with van der Waals surface area (Å²) in [5, 5.41) is 8.87. The van der Waals surface area contributed by atoms with Crippen LogP contribution in [0.3, 0.4) is 0 Å². The Hall–Kier alpha value is -2.75. The third-order valence-corrected chi connectivity index (χ3v) is 5.13. The number of carbonyl (C=O) groups is 1. The highest BCUT2D eigenvalue weighted by atomic mass is 35.5. The molecule has 2 N–H and O–H groups in total. The standard InChI is InChI=1S/C17H14ClF3N4O3/c18-11-7-9(1-4-13(11)28-17(19,20)21)22-16(27)25-10-2-3-12(25)15-8(5-10)6-14(26)23-24-15/h1,4,6-7,10,12H,2-3,5H2,(H,22,27)(H,23,26). The molecule has 7 nitrogen and oxygen atoms in total. The Balaban J connectivity index is 1.52. The molecule has 1 aromatic carbocycles. The van der Waals surface area contributed by atoms with Crippen LogP contribution in [0.4, 0.5) is 23.7 Å². The second-order valence-corrected chi connectivity index (χ2v) is 7.03. The minimum Gasteiger partial charge on any atom is -0.404 e. The summed E-state index contributed by atoms with van der Waals surface area (Å²) in [6.07, 6.45) is -2.86. The minimum absolute atomic E-state index is 0.0793. The number of rotatable bonds is 2. The Morgan fingerprint density at radius 3 is 2.82 bits per heavy atom. The summed E-state index contributed by atoms with van der Waals surface area (Å²) in [7, 11) is 0. The molecule has 0 saturated carbocycles. The molecule has 0 aliphatic carbocycles. The Bertz CT molecular complexity index is 994. The molecule has 2 aliphatic rings. The first-order chi connectivity index (χ1) is 13.2. The lowest BCUT2D eigenvalue weighted by Crippen LogP contribution is -2.45. The Morgan fingerprint density at radius 2 is 2.11 bits per heavy atom. The molecule has 1 fully saturated rings. The van der Waals surface area contributed by atoms with Crippen molar-refractivity contribution in [2.75, 3.05) is 5.32 Å². The van der Waals surface area contributed by atoms with Gasteiger partial charge in [-0.15, -0.1) is 13.2 Å². The summed E-state index contributed by atoms with van der Waals surface area (Å²) in [5.41, 5.74) is 1.45. The van der Waals surface area contributed by atoms with Crippen LogP contribution in [0, 0.1) is 0 Å². The number of aromatic amines is 1. The zero-order valence-corrected chi connectivity index (χ0v) is 15.0. The van der Waals surface area contributed by atoms with E-state index < -0.39 is 18.1 Å². The monoisotopic (exact) mass is 414 g/mol. The van der Waals surface area contributed by atoms with Gasteiger partial charge in [0.25, 0.3) is 5.56 Å². The van der Waals surface area contributed by atoms with Crippen molar-refractivity contribution in [2.45, 2.75) is 37.7 Å². The van der Waals surface area contributed by atoms with Crippen molar-refractivity contribution in [1.29, 1.82) is 0 Å². The smallest absolute Gasteiger partial charge is 0.404 e. The second-order valence-electron chi connectivity index (χ2n) is 6.62. The number of halogens is 4. The maximum atomic E-state index is 12.8. The quantitative estimate of drug-likeness (QED) is 0.785. The summed E-state index contributed by atoms with van der Waals surface area (Å²) < 4.78 is 40.8. The summed E-state index contributed by atoms with van der Waals surface area (Å²) in [6, 6.07) is 4.25. The van der Waals surface area contributed by atoms with E-state index in [-0.39, 0.29) is 28.4 Å². The first-order valence-electron chi connectivity index (χ1n) is 8.44. The van der Waals surface area contributed by atoms with Crippen molar-refractivity contribution in [2.24, 2.45) is 0 Å². The van der Waals surface area contributed by atoms with Gasteiger partial charge in [-0.3, -0.25) is 4.79 Å². The van der Waals surface area contributed by atoms with Gasteiger partial charge in [-0.25, -0.2) is 9.89 Å². The molecular formula is C17H14ClF3N4O3. The number of urea groups is 1. The lowest BCUT2D eigenvalue weighted by atomic mass is 9.99. The molecule has 2 unspecified atom stereocenters. The number of H-pyrrole nitrogens is 1. The molecule has 0 radical (unpaired) electrons. The average molecular weight is 415 g/mol. The number of benzene rings is 1. The normalized spacial score (nSPS) is 20.6. The molecule has 2 aliphatic heterocycles. The van der Waals surface area contributed by atoms with E-state index in [1.54, 1.807) is 4.90 Å². The van der Waals surface area contributed by atoms with E-state index in [1.807, 2.05) is 0 Å². The molecule has 2 bridgehead atoms. The summed E-state index contributed by atoms with van der Waals surface area (Å²) in [6.45, 7) is 0. The van der Waals surface area contributed by atoms with Crippen LogP contribution >= 0.6 is 11.6 Å². The number of nitrogens with one attached hydrogen (secondary N) is 2. The van der Waals surface area contributed by atoms with E-state index in [9.17, 15) is 22.8 Å². The predicted molar refractivity (Wildman–Crippen MR) is 93.3 cm³/mol. The Kier molecular flexibility index (Phi) is 4.45. The number of alkyl halides is 3. The number of aromatic nitrogens is 2. The molecule has 2 atom stereocenters. The van der Waals surface area contributed by atoms with E-state index in [4.69, 9.17) is 11.6 Å². The maximum absolute atomic E-state index is 12.8. The van der Waals surface area contributed by atoms with Gasteiger partial charge in [0.2, 0.25) is 0 Å². The molecule has 28 heavy (non-hydrogen) atoms. The van der Waals surface area contributed by atoms with Gasteiger partial charge >= 0.3 is 12.4 Å². The first kappa shape index (κ1) is 18.6. The van der Waals surface area contributed by atoms with Gasteiger partial charge in [-0.05, 0) is 43.0 Å². The highest BCUT2D eigenvalue weighted by Gasteiger charge is 2.43. The van der Waals surface area contributed by atoms with Gasteiger partial charge in [0, 0.05) is 17.8 Å². The number of carbonyl (C=O) groups excluding carboxylic acids is 1. The fourth-order valence-corrected chi connectivity index (χ4v) is 4.01. The molecule has 11 heteroatoms. The average Bonchev–Trinajstić information content (AvgIpc) is 2.91. The molecule has 4 rings (SSSR count). The SMILES string of the molecule is O=C(Nc1ccc(OC(F)(F)F)c(Cl)c1)N1C2CCC1c1n[nH]c(=O)cc1C2. The summed E-state index contributed by atoms with van der Waals surface area (Å²) in [5.74, 6) is -0.549. The number of amides is 2. The molecule has 1 aromatic heterocycles. The number of hydrogen-bond acceptors (Lipinski definition) is 4. The van der Waals surface area contributed by atoms with Gasteiger partial charge in [-0.2, -0.15) is 5.10 Å². The highest BCUT2D eigenvalue weighted by molar-refractivity contribution is 6.32. The van der Waals surface area contributed by atoms with Crippen molar-refractivity contribution in [3.8, 4) is 5.75 Å². The summed E-state index contributed by atoms with van der Waals surface area (Å²) >= 11 is 5.82. The van der Waals surface area contributed by atoms with Gasteiger partial charge < -0.3 is 15.0 Å². The summed E-state index contributed by atoms with van der Waals surface area (Å²) in [4.78, 5) is 25.9. The fourth-order valence-electron chi connectivity index (χ4n) is 3.79. The van der Waals surface area contributed by atoms with Crippen molar-refractivity contribution in [1.82, 2.24) is 15.1 Å². The number of nitrogens with zero attached hydrogens (tertiary/aromatic N) is 2. The van der Waals surface area contributed by atoms with Crippen molar-refractivity contribution in [3.05, 3.63) is 50.9 Å². The van der Waals surface area contributed by atoms with Crippen LogP contribution in [0.5, 0.6) is 5.75 Å². The number of fused-ring (bicyclic) bond motifs is 4. The Labute approximate surface area is 161 Å².